The zero-order chi connectivity index (χ0) is 22.8. The molecule has 1 saturated heterocycles. The minimum Gasteiger partial charge on any atom is -0.463 e. The number of piperazine rings is 1. The highest BCUT2D eigenvalue weighted by Crippen LogP contribution is 2.21. The van der Waals surface area contributed by atoms with Crippen LogP contribution in [0.5, 0.6) is 0 Å². The lowest BCUT2D eigenvalue weighted by atomic mass is 10.1. The van der Waals surface area contributed by atoms with Gasteiger partial charge in [0.05, 0.1) is 6.26 Å². The number of carbonyl (C=O) groups excluding carboxylic acids is 1. The molecule has 0 saturated carbocycles. The minimum atomic E-state index is -0.407. The van der Waals surface area contributed by atoms with Crippen LogP contribution in [0.25, 0.3) is 17.1 Å². The fourth-order valence-electron chi connectivity index (χ4n) is 3.94. The van der Waals surface area contributed by atoms with Gasteiger partial charge in [0.25, 0.3) is 0 Å². The fraction of sp³-hybridized carbons (Fsp3) is 0.273. The number of fused-ring (bicyclic) bond motifs is 1. The van der Waals surface area contributed by atoms with Crippen LogP contribution in [0.3, 0.4) is 0 Å². The highest BCUT2D eigenvalue weighted by atomic mass is 16.3. The van der Waals surface area contributed by atoms with E-state index >= 15 is 0 Å². The Balaban J connectivity index is 1.15. The van der Waals surface area contributed by atoms with Gasteiger partial charge >= 0.3 is 0 Å². The Labute approximate surface area is 190 Å². The van der Waals surface area contributed by atoms with Crippen molar-refractivity contribution in [2.75, 3.05) is 55.2 Å². The first-order valence-corrected chi connectivity index (χ1v) is 10.7. The third-order valence-corrected chi connectivity index (χ3v) is 5.70. The molecule has 0 bridgehead atoms. The summed E-state index contributed by atoms with van der Waals surface area (Å²) in [5.74, 6) is 0.963. The summed E-state index contributed by atoms with van der Waals surface area (Å²) in [5, 5.41) is 7.66. The predicted octanol–water partition coefficient (Wildman–Crippen LogP) is 1.30. The molecule has 5 rings (SSSR count). The van der Waals surface area contributed by atoms with E-state index in [2.05, 4.69) is 30.2 Å². The molecule has 1 aliphatic rings. The van der Waals surface area contributed by atoms with Gasteiger partial charge in [-0.15, -0.1) is 0 Å². The lowest BCUT2D eigenvalue weighted by molar-refractivity contribution is 0.100. The number of nitrogens with one attached hydrogen (secondary N) is 1. The third kappa shape index (κ3) is 4.44. The summed E-state index contributed by atoms with van der Waals surface area (Å²) in [6, 6.07) is 12.9. The molecule has 0 aliphatic carbocycles. The Bertz CT molecular complexity index is 1260. The number of anilines is 3. The Kier molecular flexibility index (Phi) is 5.53. The first-order valence-electron chi connectivity index (χ1n) is 10.7. The highest BCUT2D eigenvalue weighted by Gasteiger charge is 2.18. The number of carbonyl (C=O) groups is 1. The van der Waals surface area contributed by atoms with E-state index in [0.29, 0.717) is 35.2 Å². The van der Waals surface area contributed by atoms with Crippen molar-refractivity contribution in [3.63, 3.8) is 0 Å². The van der Waals surface area contributed by atoms with Crippen LogP contribution in [0.4, 0.5) is 17.6 Å². The molecule has 0 atom stereocenters. The van der Waals surface area contributed by atoms with Crippen LogP contribution in [0.1, 0.15) is 10.4 Å². The van der Waals surface area contributed by atoms with Crippen LogP contribution < -0.4 is 21.7 Å². The summed E-state index contributed by atoms with van der Waals surface area (Å²) >= 11 is 0. The maximum absolute atomic E-state index is 11.4. The number of hydrogen-bond donors (Lipinski definition) is 3. The molecule has 5 N–H and O–H groups in total. The second-order valence-electron chi connectivity index (χ2n) is 7.85. The van der Waals surface area contributed by atoms with Gasteiger partial charge in [-0.2, -0.15) is 19.6 Å². The summed E-state index contributed by atoms with van der Waals surface area (Å²) in [7, 11) is 0. The zero-order valence-electron chi connectivity index (χ0n) is 18.0. The highest BCUT2D eigenvalue weighted by molar-refractivity contribution is 5.93. The van der Waals surface area contributed by atoms with Crippen LogP contribution in [-0.2, 0) is 0 Å². The maximum Gasteiger partial charge on any atom is 0.248 e. The Morgan fingerprint density at radius 3 is 2.70 bits per heavy atom. The van der Waals surface area contributed by atoms with Crippen molar-refractivity contribution < 1.29 is 9.21 Å². The van der Waals surface area contributed by atoms with Crippen molar-refractivity contribution in [3.05, 3.63) is 54.3 Å². The summed E-state index contributed by atoms with van der Waals surface area (Å²) < 4.78 is 6.89. The van der Waals surface area contributed by atoms with Crippen molar-refractivity contribution in [2.24, 2.45) is 5.73 Å². The van der Waals surface area contributed by atoms with E-state index in [4.69, 9.17) is 15.9 Å². The Morgan fingerprint density at radius 1 is 1.09 bits per heavy atom. The Hall–Kier alpha value is -4.12. The molecule has 1 amide bonds. The predicted molar refractivity (Wildman–Crippen MR) is 125 cm³/mol. The van der Waals surface area contributed by atoms with Gasteiger partial charge < -0.3 is 26.1 Å². The van der Waals surface area contributed by atoms with Gasteiger partial charge in [-0.25, -0.2) is 0 Å². The van der Waals surface area contributed by atoms with Gasteiger partial charge in [0.15, 0.2) is 11.4 Å². The largest absolute Gasteiger partial charge is 0.463 e. The summed E-state index contributed by atoms with van der Waals surface area (Å²) in [5.41, 5.74) is 14.3. The topological polar surface area (TPSA) is 144 Å². The Morgan fingerprint density at radius 2 is 1.94 bits per heavy atom. The van der Waals surface area contributed by atoms with Crippen LogP contribution >= 0.6 is 0 Å². The number of primary amides is 1. The van der Waals surface area contributed by atoms with E-state index in [1.807, 2.05) is 30.3 Å². The molecule has 1 fully saturated rings. The van der Waals surface area contributed by atoms with E-state index in [1.165, 1.54) is 4.52 Å². The number of rotatable bonds is 7. The normalized spacial score (nSPS) is 14.6. The number of benzene rings is 1. The molecule has 1 aromatic carbocycles. The lowest BCUT2D eigenvalue weighted by Crippen LogP contribution is -2.47. The van der Waals surface area contributed by atoms with Gasteiger partial charge in [-0.05, 0) is 30.3 Å². The molecule has 0 spiro atoms. The fourth-order valence-corrected chi connectivity index (χ4v) is 3.94. The molecular weight excluding hydrogens is 422 g/mol. The van der Waals surface area contributed by atoms with E-state index in [1.54, 1.807) is 18.4 Å². The van der Waals surface area contributed by atoms with E-state index in [0.717, 1.165) is 38.4 Å². The average molecular weight is 448 g/mol. The second-order valence-corrected chi connectivity index (χ2v) is 7.85. The quantitative estimate of drug-likeness (QED) is 0.382. The zero-order valence-corrected chi connectivity index (χ0v) is 18.0. The van der Waals surface area contributed by atoms with E-state index < -0.39 is 5.91 Å². The van der Waals surface area contributed by atoms with E-state index in [9.17, 15) is 4.79 Å². The number of aromatic nitrogens is 4. The molecule has 0 radical (unpaired) electrons. The molecule has 170 valence electrons. The molecular formula is C22H25N9O2. The van der Waals surface area contributed by atoms with Crippen molar-refractivity contribution >= 4 is 29.1 Å². The van der Waals surface area contributed by atoms with Crippen LogP contribution in [-0.4, -0.2) is 69.7 Å². The van der Waals surface area contributed by atoms with Crippen LogP contribution in [0.2, 0.25) is 0 Å². The SMILES string of the molecule is NC(=O)c1cccc(N2CCN(CCNc3nc(N)n4nc(-c5ccco5)cc4n3)CC2)c1. The summed E-state index contributed by atoms with van der Waals surface area (Å²) in [4.78, 5) is 24.9. The van der Waals surface area contributed by atoms with Crippen LogP contribution in [0, 0.1) is 0 Å². The van der Waals surface area contributed by atoms with Gasteiger partial charge in [-0.3, -0.25) is 9.69 Å². The van der Waals surface area contributed by atoms with Gasteiger partial charge in [-0.1, -0.05) is 6.07 Å². The molecule has 33 heavy (non-hydrogen) atoms. The lowest BCUT2D eigenvalue weighted by Gasteiger charge is -2.36. The third-order valence-electron chi connectivity index (χ3n) is 5.70. The van der Waals surface area contributed by atoms with Crippen molar-refractivity contribution in [1.29, 1.82) is 0 Å². The first-order chi connectivity index (χ1) is 16.1. The minimum absolute atomic E-state index is 0.257. The average Bonchev–Trinajstić information content (AvgIpc) is 3.50. The molecule has 11 heteroatoms. The van der Waals surface area contributed by atoms with Crippen molar-refractivity contribution in [1.82, 2.24) is 24.5 Å². The number of nitrogens with two attached hydrogens (primary N) is 2. The van der Waals surface area contributed by atoms with Crippen LogP contribution in [0.15, 0.2) is 53.1 Å². The summed E-state index contributed by atoms with van der Waals surface area (Å²) in [6.07, 6.45) is 1.60. The second kappa shape index (κ2) is 8.79. The smallest absolute Gasteiger partial charge is 0.248 e. The monoisotopic (exact) mass is 447 g/mol. The number of furan rings is 1. The molecule has 1 aliphatic heterocycles. The van der Waals surface area contributed by atoms with Crippen molar-refractivity contribution in [3.8, 4) is 11.5 Å². The molecule has 0 unspecified atom stereocenters. The molecule has 4 aromatic rings. The van der Waals surface area contributed by atoms with Crippen molar-refractivity contribution in [2.45, 2.75) is 0 Å². The van der Waals surface area contributed by atoms with Gasteiger partial charge in [0, 0.05) is 56.6 Å². The first kappa shape index (κ1) is 20.8. The standard InChI is InChI=1S/C22H25N9O2/c23-20(32)15-3-1-4-16(13-15)30-10-8-29(9-11-30)7-6-25-22-26-19-14-17(18-5-2-12-33-18)28-31(19)21(24)27-22/h1-5,12-14H,6-11H2,(H2,23,32)(H3,24,25,26,27). The van der Waals surface area contributed by atoms with Gasteiger partial charge in [0.2, 0.25) is 17.8 Å². The maximum atomic E-state index is 11.4. The number of nitrogen functional groups attached to an aromatic ring is 1. The van der Waals surface area contributed by atoms with E-state index in [-0.39, 0.29) is 5.95 Å². The van der Waals surface area contributed by atoms with Gasteiger partial charge in [0.1, 0.15) is 5.69 Å². The molecule has 3 aromatic heterocycles. The number of nitrogens with zero attached hydrogens (tertiary/aromatic N) is 6. The number of hydrogen-bond acceptors (Lipinski definition) is 9. The summed E-state index contributed by atoms with van der Waals surface area (Å²) in [6.45, 7) is 5.12. The number of amides is 1. The molecule has 11 nitrogen and oxygen atoms in total. The molecule has 4 heterocycles.